The molecule has 212 valence electrons. The normalized spacial score (nSPS) is 26.6. The molecule has 1 saturated carbocycles. The molecule has 0 bridgehead atoms. The van der Waals surface area contributed by atoms with Crippen molar-refractivity contribution >= 4 is 29.4 Å². The van der Waals surface area contributed by atoms with Crippen molar-refractivity contribution < 1.29 is 33.8 Å². The van der Waals surface area contributed by atoms with E-state index in [-0.39, 0.29) is 54.4 Å². The first kappa shape index (κ1) is 26.8. The zero-order valence-corrected chi connectivity index (χ0v) is 22.8. The van der Waals surface area contributed by atoms with Crippen molar-refractivity contribution in [2.45, 2.75) is 38.3 Å². The fraction of sp³-hybridized carbons (Fsp3) is 0.433. The smallest absolute Gasteiger partial charge is 0.254 e. The van der Waals surface area contributed by atoms with Gasteiger partial charge in [0.2, 0.25) is 17.7 Å². The number of carbonyl (C=O) groups excluding carboxylic acids is 4. The summed E-state index contributed by atoms with van der Waals surface area (Å²) in [6.45, 7) is 0.102. The Balaban J connectivity index is 1.39. The molecule has 4 heterocycles. The number of methoxy groups -OCH3 is 2. The van der Waals surface area contributed by atoms with E-state index in [0.29, 0.717) is 55.1 Å². The van der Waals surface area contributed by atoms with Crippen LogP contribution >= 0.6 is 0 Å². The Bertz CT molecular complexity index is 1530. The van der Waals surface area contributed by atoms with Gasteiger partial charge in [-0.2, -0.15) is 0 Å². The van der Waals surface area contributed by atoms with Crippen molar-refractivity contribution in [2.24, 2.45) is 17.3 Å². The SMILES string of the molecule is COc1ccc2c(c1)C(=O)N(CC1(C#Cc3nc(N4C(=O)CCC4CO)ccc3OC)C(=O)NC(=O)C3CCC31)C2. The molecule has 6 rings (SSSR count). The number of benzene rings is 1. The topological polar surface area (TPSA) is 138 Å². The minimum absolute atomic E-state index is 0.00465. The molecule has 11 nitrogen and oxygen atoms in total. The van der Waals surface area contributed by atoms with E-state index >= 15 is 0 Å². The van der Waals surface area contributed by atoms with Crippen LogP contribution in [-0.2, 0) is 20.9 Å². The number of rotatable bonds is 6. The summed E-state index contributed by atoms with van der Waals surface area (Å²) in [5.74, 6) is 5.43. The molecule has 11 heteroatoms. The van der Waals surface area contributed by atoms with Gasteiger partial charge in [-0.25, -0.2) is 4.98 Å². The number of nitrogens with one attached hydrogen (secondary N) is 1. The molecule has 1 aliphatic carbocycles. The van der Waals surface area contributed by atoms with Crippen LogP contribution in [0.1, 0.15) is 47.3 Å². The predicted octanol–water partition coefficient (Wildman–Crippen LogP) is 1.26. The number of amides is 4. The summed E-state index contributed by atoms with van der Waals surface area (Å²) < 4.78 is 10.8. The lowest BCUT2D eigenvalue weighted by Crippen LogP contribution is -2.64. The van der Waals surface area contributed by atoms with E-state index < -0.39 is 11.3 Å². The average Bonchev–Trinajstić information content (AvgIpc) is 3.48. The molecule has 4 aliphatic rings. The first-order valence-electron chi connectivity index (χ1n) is 13.6. The van der Waals surface area contributed by atoms with Crippen molar-refractivity contribution in [1.29, 1.82) is 0 Å². The highest BCUT2D eigenvalue weighted by atomic mass is 16.5. The highest BCUT2D eigenvalue weighted by Crippen LogP contribution is 2.50. The van der Waals surface area contributed by atoms with E-state index in [1.54, 1.807) is 29.2 Å². The summed E-state index contributed by atoms with van der Waals surface area (Å²) in [7, 11) is 3.00. The Kier molecular flexibility index (Phi) is 6.66. The van der Waals surface area contributed by atoms with E-state index in [1.807, 2.05) is 6.07 Å². The first-order valence-corrected chi connectivity index (χ1v) is 13.6. The highest BCUT2D eigenvalue weighted by molar-refractivity contribution is 6.05. The van der Waals surface area contributed by atoms with Gasteiger partial charge in [0.15, 0.2) is 11.4 Å². The van der Waals surface area contributed by atoms with Crippen LogP contribution < -0.4 is 19.7 Å². The van der Waals surface area contributed by atoms with Crippen molar-refractivity contribution in [3.8, 4) is 23.3 Å². The molecule has 4 atom stereocenters. The number of nitrogens with zero attached hydrogens (tertiary/aromatic N) is 3. The third kappa shape index (κ3) is 4.30. The molecule has 4 amide bonds. The molecule has 0 spiro atoms. The van der Waals surface area contributed by atoms with Crippen molar-refractivity contribution in [1.82, 2.24) is 15.2 Å². The minimum atomic E-state index is -1.36. The van der Waals surface area contributed by atoms with Gasteiger partial charge in [0.25, 0.3) is 5.91 Å². The lowest BCUT2D eigenvalue weighted by Gasteiger charge is -2.50. The monoisotopic (exact) mass is 558 g/mol. The van der Waals surface area contributed by atoms with Crippen LogP contribution in [0.5, 0.6) is 11.5 Å². The summed E-state index contributed by atoms with van der Waals surface area (Å²) >= 11 is 0. The molecule has 1 aromatic carbocycles. The molecular formula is C30H30N4O7. The third-order valence-corrected chi connectivity index (χ3v) is 8.77. The second kappa shape index (κ2) is 10.2. The number of carbonyl (C=O) groups is 4. The summed E-state index contributed by atoms with van der Waals surface area (Å²) in [4.78, 5) is 59.9. The fourth-order valence-corrected chi connectivity index (χ4v) is 6.39. The number of hydrogen-bond acceptors (Lipinski definition) is 8. The van der Waals surface area contributed by atoms with Gasteiger partial charge in [0, 0.05) is 31.0 Å². The Morgan fingerprint density at radius 1 is 1.10 bits per heavy atom. The number of pyridine rings is 1. The van der Waals surface area contributed by atoms with E-state index in [4.69, 9.17) is 9.47 Å². The molecule has 41 heavy (non-hydrogen) atoms. The second-order valence-corrected chi connectivity index (χ2v) is 10.9. The van der Waals surface area contributed by atoms with Crippen molar-refractivity contribution in [3.63, 3.8) is 0 Å². The number of hydrogen-bond donors (Lipinski definition) is 2. The Hall–Kier alpha value is -4.43. The Morgan fingerprint density at radius 3 is 2.63 bits per heavy atom. The number of imide groups is 1. The third-order valence-electron chi connectivity index (χ3n) is 8.77. The van der Waals surface area contributed by atoms with Crippen LogP contribution in [0, 0.1) is 29.1 Å². The molecule has 4 unspecified atom stereocenters. The standard InChI is InChI=1S/C30H30N4O7/c1-40-19-5-3-17-14-33(28(38)21(17)13-19)16-30(22-7-6-20(22)27(37)32-29(30)39)12-11-23-24(41-2)8-9-25(31-23)34-18(15-35)4-10-26(34)36/h3,5,8-9,13,18,20,22,35H,4,6-7,10,14-16H2,1-2H3,(H,32,37,39). The molecule has 2 aromatic rings. The molecule has 3 aliphatic heterocycles. The zero-order chi connectivity index (χ0) is 28.9. The summed E-state index contributed by atoms with van der Waals surface area (Å²) in [6.07, 6.45) is 2.07. The maximum Gasteiger partial charge on any atom is 0.254 e. The van der Waals surface area contributed by atoms with Crippen LogP contribution in [-0.4, -0.2) is 72.0 Å². The van der Waals surface area contributed by atoms with Gasteiger partial charge in [-0.3, -0.25) is 29.4 Å². The van der Waals surface area contributed by atoms with E-state index in [9.17, 15) is 24.3 Å². The van der Waals surface area contributed by atoms with E-state index in [0.717, 1.165) is 5.56 Å². The Labute approximate surface area is 236 Å². The van der Waals surface area contributed by atoms with Gasteiger partial charge in [0.1, 0.15) is 17.0 Å². The fourth-order valence-electron chi connectivity index (χ4n) is 6.39. The van der Waals surface area contributed by atoms with Gasteiger partial charge >= 0.3 is 0 Å². The zero-order valence-electron chi connectivity index (χ0n) is 22.8. The first-order chi connectivity index (χ1) is 19.8. The largest absolute Gasteiger partial charge is 0.497 e. The number of aromatic nitrogens is 1. The van der Waals surface area contributed by atoms with Crippen LogP contribution in [0.3, 0.4) is 0 Å². The number of ether oxygens (including phenoxy) is 2. The number of anilines is 1. The molecule has 2 N–H and O–H groups in total. The molecule has 2 saturated heterocycles. The van der Waals surface area contributed by atoms with Gasteiger partial charge in [0.05, 0.1) is 26.9 Å². The second-order valence-electron chi connectivity index (χ2n) is 10.9. The number of piperidine rings is 1. The van der Waals surface area contributed by atoms with Crippen molar-refractivity contribution in [2.75, 3.05) is 32.3 Å². The van der Waals surface area contributed by atoms with Gasteiger partial charge in [-0.1, -0.05) is 12.0 Å². The van der Waals surface area contributed by atoms with Gasteiger partial charge in [-0.15, -0.1) is 0 Å². The summed E-state index contributed by atoms with van der Waals surface area (Å²) in [6, 6.07) is 8.20. The number of aliphatic hydroxyl groups excluding tert-OH is 1. The van der Waals surface area contributed by atoms with E-state index in [2.05, 4.69) is 22.1 Å². The van der Waals surface area contributed by atoms with Crippen LogP contribution in [0.2, 0.25) is 0 Å². The number of fused-ring (bicyclic) bond motifs is 2. The molecule has 3 fully saturated rings. The van der Waals surface area contributed by atoms with E-state index in [1.165, 1.54) is 19.1 Å². The molecule has 0 radical (unpaired) electrons. The molecular weight excluding hydrogens is 528 g/mol. The van der Waals surface area contributed by atoms with Gasteiger partial charge in [-0.05, 0) is 60.9 Å². The average molecular weight is 559 g/mol. The maximum atomic E-state index is 13.6. The van der Waals surface area contributed by atoms with Crippen LogP contribution in [0.15, 0.2) is 30.3 Å². The van der Waals surface area contributed by atoms with Crippen LogP contribution in [0.4, 0.5) is 5.82 Å². The maximum absolute atomic E-state index is 13.6. The number of aliphatic hydroxyl groups is 1. The highest BCUT2D eigenvalue weighted by Gasteiger charge is 2.59. The minimum Gasteiger partial charge on any atom is -0.497 e. The van der Waals surface area contributed by atoms with Gasteiger partial charge < -0.3 is 19.5 Å². The lowest BCUT2D eigenvalue weighted by atomic mass is 9.56. The molecule has 1 aromatic heterocycles. The predicted molar refractivity (Wildman–Crippen MR) is 145 cm³/mol. The quantitative estimate of drug-likeness (QED) is 0.399. The Morgan fingerprint density at radius 2 is 1.93 bits per heavy atom. The van der Waals surface area contributed by atoms with Crippen molar-refractivity contribution in [3.05, 3.63) is 47.2 Å². The van der Waals surface area contributed by atoms with Crippen LogP contribution in [0.25, 0.3) is 0 Å². The summed E-state index contributed by atoms with van der Waals surface area (Å²) in [5, 5.41) is 12.3. The lowest BCUT2D eigenvalue weighted by molar-refractivity contribution is -0.154. The summed E-state index contributed by atoms with van der Waals surface area (Å²) in [5.41, 5.74) is 0.177.